The van der Waals surface area contributed by atoms with Gasteiger partial charge in [-0.2, -0.15) is 0 Å². The smallest absolute Gasteiger partial charge is 0.231 e. The fraction of sp³-hybridized carbons (Fsp3) is 0.391. The van der Waals surface area contributed by atoms with Crippen LogP contribution in [-0.4, -0.2) is 49.1 Å². The van der Waals surface area contributed by atoms with Crippen molar-refractivity contribution in [2.24, 2.45) is 4.99 Å². The number of likely N-dealkylation sites (tertiary alicyclic amines) is 1. The number of benzene rings is 2. The van der Waals surface area contributed by atoms with Gasteiger partial charge in [0, 0.05) is 46.7 Å². The predicted octanol–water partition coefficient (Wildman–Crippen LogP) is 2.75. The second-order valence-electron chi connectivity index (χ2n) is 7.68. The average Bonchev–Trinajstić information content (AvgIpc) is 3.37. The maximum atomic E-state index is 11.9. The van der Waals surface area contributed by atoms with Gasteiger partial charge >= 0.3 is 0 Å². The lowest BCUT2D eigenvalue weighted by molar-refractivity contribution is -0.128. The van der Waals surface area contributed by atoms with E-state index in [0.29, 0.717) is 26.1 Å². The number of nitrogens with zero attached hydrogens (tertiary/aromatic N) is 3. The molecule has 0 radical (unpaired) electrons. The zero-order chi connectivity index (χ0) is 20.9. The van der Waals surface area contributed by atoms with Crippen LogP contribution in [0.4, 0.5) is 0 Å². The fourth-order valence-electron chi connectivity index (χ4n) is 3.88. The molecular formula is C23H28N4O3. The lowest BCUT2D eigenvalue weighted by atomic mass is 10.1. The maximum absolute atomic E-state index is 11.9. The summed E-state index contributed by atoms with van der Waals surface area (Å²) in [5.41, 5.74) is 3.45. The molecule has 0 atom stereocenters. The minimum atomic E-state index is 0.254. The molecule has 1 fully saturated rings. The number of rotatable bonds is 6. The number of amides is 1. The molecule has 7 nitrogen and oxygen atoms in total. The first-order valence-corrected chi connectivity index (χ1v) is 10.3. The van der Waals surface area contributed by atoms with Crippen molar-refractivity contribution in [3.8, 4) is 11.5 Å². The van der Waals surface area contributed by atoms with Crippen molar-refractivity contribution in [3.63, 3.8) is 0 Å². The van der Waals surface area contributed by atoms with E-state index in [1.54, 1.807) is 7.05 Å². The minimum absolute atomic E-state index is 0.254. The zero-order valence-corrected chi connectivity index (χ0v) is 17.6. The Hall–Kier alpha value is -3.22. The highest BCUT2D eigenvalue weighted by molar-refractivity contribution is 5.79. The van der Waals surface area contributed by atoms with Crippen LogP contribution in [0.1, 0.15) is 29.5 Å². The van der Waals surface area contributed by atoms with Gasteiger partial charge in [-0.05, 0) is 35.2 Å². The first kappa shape index (κ1) is 20.1. The molecule has 1 amide bonds. The van der Waals surface area contributed by atoms with Gasteiger partial charge in [0.05, 0.1) is 0 Å². The monoisotopic (exact) mass is 408 g/mol. The highest BCUT2D eigenvalue weighted by atomic mass is 16.7. The van der Waals surface area contributed by atoms with Gasteiger partial charge in [-0.25, -0.2) is 0 Å². The van der Waals surface area contributed by atoms with E-state index in [4.69, 9.17) is 9.47 Å². The van der Waals surface area contributed by atoms with E-state index < -0.39 is 0 Å². The third-order valence-electron chi connectivity index (χ3n) is 5.42. The summed E-state index contributed by atoms with van der Waals surface area (Å²) in [6.45, 7) is 3.19. The summed E-state index contributed by atoms with van der Waals surface area (Å²) in [5.74, 6) is 2.65. The van der Waals surface area contributed by atoms with Gasteiger partial charge in [-0.3, -0.25) is 9.79 Å². The number of fused-ring (bicyclic) bond motifs is 1. The maximum Gasteiger partial charge on any atom is 0.231 e. The second kappa shape index (κ2) is 9.07. The lowest BCUT2D eigenvalue weighted by Crippen LogP contribution is -2.38. The third-order valence-corrected chi connectivity index (χ3v) is 5.42. The van der Waals surface area contributed by atoms with Crippen LogP contribution < -0.4 is 14.8 Å². The molecule has 30 heavy (non-hydrogen) atoms. The molecule has 7 heteroatoms. The molecule has 2 heterocycles. The van der Waals surface area contributed by atoms with E-state index in [0.717, 1.165) is 47.1 Å². The van der Waals surface area contributed by atoms with E-state index in [1.807, 2.05) is 36.2 Å². The molecule has 1 saturated heterocycles. The number of ether oxygens (including phenoxy) is 2. The Morgan fingerprint density at radius 1 is 1.13 bits per heavy atom. The Kier molecular flexibility index (Phi) is 6.07. The first-order chi connectivity index (χ1) is 14.6. The molecule has 2 aromatic carbocycles. The molecule has 0 saturated carbocycles. The third kappa shape index (κ3) is 4.67. The van der Waals surface area contributed by atoms with E-state index >= 15 is 0 Å². The normalized spacial score (nSPS) is 15.6. The van der Waals surface area contributed by atoms with Gasteiger partial charge in [0.2, 0.25) is 12.7 Å². The summed E-state index contributed by atoms with van der Waals surface area (Å²) in [5, 5.41) is 3.43. The Bertz CT molecular complexity index is 944. The van der Waals surface area contributed by atoms with Crippen LogP contribution in [0.25, 0.3) is 0 Å². The Balaban J connectivity index is 1.33. The number of nitrogens with one attached hydrogen (secondary N) is 1. The highest BCUT2D eigenvalue weighted by Crippen LogP contribution is 2.32. The molecule has 0 bridgehead atoms. The van der Waals surface area contributed by atoms with Gasteiger partial charge in [-0.15, -0.1) is 0 Å². The van der Waals surface area contributed by atoms with Crippen molar-refractivity contribution in [1.29, 1.82) is 0 Å². The summed E-state index contributed by atoms with van der Waals surface area (Å²) in [7, 11) is 3.79. The molecular weight excluding hydrogens is 380 g/mol. The number of guanidine groups is 1. The molecule has 4 rings (SSSR count). The van der Waals surface area contributed by atoms with Crippen LogP contribution in [0.2, 0.25) is 0 Å². The van der Waals surface area contributed by atoms with Gasteiger partial charge in [0.25, 0.3) is 0 Å². The summed E-state index contributed by atoms with van der Waals surface area (Å²) in [6, 6.07) is 14.4. The number of hydrogen-bond donors (Lipinski definition) is 1. The molecule has 2 aromatic rings. The molecule has 2 aliphatic rings. The van der Waals surface area contributed by atoms with Crippen LogP contribution in [0.3, 0.4) is 0 Å². The van der Waals surface area contributed by atoms with Gasteiger partial charge < -0.3 is 24.6 Å². The van der Waals surface area contributed by atoms with Crippen LogP contribution in [-0.2, 0) is 24.4 Å². The number of carbonyl (C=O) groups is 1. The molecule has 158 valence electrons. The molecule has 0 aromatic heterocycles. The summed E-state index contributed by atoms with van der Waals surface area (Å²) in [4.78, 5) is 20.3. The minimum Gasteiger partial charge on any atom is -0.454 e. The van der Waals surface area contributed by atoms with Crippen LogP contribution in [0.5, 0.6) is 11.5 Å². The van der Waals surface area contributed by atoms with E-state index in [1.165, 1.54) is 0 Å². The van der Waals surface area contributed by atoms with Gasteiger partial charge in [-0.1, -0.05) is 30.3 Å². The SMILES string of the molecule is CN=C(NCc1cccc(CN2CCCC2=O)c1)N(C)Cc1ccc2c(c1)OCO2. The summed E-state index contributed by atoms with van der Waals surface area (Å²) >= 11 is 0. The zero-order valence-electron chi connectivity index (χ0n) is 17.6. The van der Waals surface area contributed by atoms with Gasteiger partial charge in [0.15, 0.2) is 17.5 Å². The number of hydrogen-bond acceptors (Lipinski definition) is 4. The van der Waals surface area contributed by atoms with E-state index in [-0.39, 0.29) is 12.7 Å². The molecule has 2 aliphatic heterocycles. The van der Waals surface area contributed by atoms with Crippen molar-refractivity contribution < 1.29 is 14.3 Å². The topological polar surface area (TPSA) is 66.4 Å². The Labute approximate surface area is 177 Å². The van der Waals surface area contributed by atoms with Gasteiger partial charge in [0.1, 0.15) is 0 Å². The van der Waals surface area contributed by atoms with E-state index in [9.17, 15) is 4.79 Å². The van der Waals surface area contributed by atoms with Crippen molar-refractivity contribution >= 4 is 11.9 Å². The second-order valence-corrected chi connectivity index (χ2v) is 7.68. The van der Waals surface area contributed by atoms with Crippen LogP contribution in [0, 0.1) is 0 Å². The fourth-order valence-corrected chi connectivity index (χ4v) is 3.88. The van der Waals surface area contributed by atoms with Crippen molar-refractivity contribution in [2.45, 2.75) is 32.5 Å². The number of carbonyl (C=O) groups excluding carboxylic acids is 1. The van der Waals surface area contributed by atoms with Crippen LogP contribution >= 0.6 is 0 Å². The predicted molar refractivity (Wildman–Crippen MR) is 115 cm³/mol. The van der Waals surface area contributed by atoms with E-state index in [2.05, 4.69) is 33.4 Å². The largest absolute Gasteiger partial charge is 0.454 e. The average molecular weight is 409 g/mol. The summed E-state index contributed by atoms with van der Waals surface area (Å²) < 4.78 is 10.8. The van der Waals surface area contributed by atoms with Crippen molar-refractivity contribution in [2.75, 3.05) is 27.4 Å². The molecule has 1 N–H and O–H groups in total. The Morgan fingerprint density at radius 2 is 1.97 bits per heavy atom. The molecule has 0 unspecified atom stereocenters. The first-order valence-electron chi connectivity index (χ1n) is 10.3. The number of aliphatic imine (C=N–C) groups is 1. The standard InChI is InChI=1S/C23H28N4O3/c1-24-23(26(2)14-19-8-9-20-21(12-19)30-16-29-20)25-13-17-5-3-6-18(11-17)15-27-10-4-7-22(27)28/h3,5-6,8-9,11-12H,4,7,10,13-16H2,1-2H3,(H,24,25). The molecule has 0 aliphatic carbocycles. The van der Waals surface area contributed by atoms with Crippen LogP contribution in [0.15, 0.2) is 47.5 Å². The molecule has 0 spiro atoms. The Morgan fingerprint density at radius 3 is 2.77 bits per heavy atom. The van der Waals surface area contributed by atoms with Crippen molar-refractivity contribution in [1.82, 2.24) is 15.1 Å². The quantitative estimate of drug-likeness (QED) is 0.588. The van der Waals surface area contributed by atoms with Crippen molar-refractivity contribution in [3.05, 3.63) is 59.2 Å². The lowest BCUT2D eigenvalue weighted by Gasteiger charge is -2.22. The highest BCUT2D eigenvalue weighted by Gasteiger charge is 2.20. The summed E-state index contributed by atoms with van der Waals surface area (Å²) in [6.07, 6.45) is 1.64.